The van der Waals surface area contributed by atoms with Crippen LogP contribution in [0.1, 0.15) is 20.8 Å². The van der Waals surface area contributed by atoms with Crippen LogP contribution in [0.4, 0.5) is 4.39 Å². The SMILES string of the molecule is CCOC(=O)C(C)(C)/C(CF)=N/O. The molecule has 0 saturated heterocycles. The van der Waals surface area contributed by atoms with Gasteiger partial charge in [-0.15, -0.1) is 0 Å². The van der Waals surface area contributed by atoms with Crippen molar-refractivity contribution in [1.29, 1.82) is 0 Å². The molecule has 0 aromatic heterocycles. The Morgan fingerprint density at radius 3 is 2.46 bits per heavy atom. The number of ether oxygens (including phenoxy) is 1. The molecule has 0 aliphatic rings. The van der Waals surface area contributed by atoms with Gasteiger partial charge in [0.2, 0.25) is 0 Å². The number of alkyl halides is 1. The average molecular weight is 191 g/mol. The lowest BCUT2D eigenvalue weighted by atomic mass is 9.88. The Labute approximate surface area is 76.4 Å². The van der Waals surface area contributed by atoms with Gasteiger partial charge in [0.1, 0.15) is 17.8 Å². The zero-order valence-electron chi connectivity index (χ0n) is 8.00. The molecule has 13 heavy (non-hydrogen) atoms. The van der Waals surface area contributed by atoms with Gasteiger partial charge >= 0.3 is 5.97 Å². The van der Waals surface area contributed by atoms with Crippen molar-refractivity contribution in [2.45, 2.75) is 20.8 Å². The molecule has 0 atom stereocenters. The third kappa shape index (κ3) is 2.68. The molecule has 4 nitrogen and oxygen atoms in total. The normalized spacial score (nSPS) is 12.8. The standard InChI is InChI=1S/C8H14FNO3/c1-4-13-7(11)8(2,3)6(5-9)10-12/h12H,4-5H2,1-3H3/b10-6+. The summed E-state index contributed by atoms with van der Waals surface area (Å²) in [7, 11) is 0. The van der Waals surface area contributed by atoms with Gasteiger partial charge in [0.05, 0.1) is 6.61 Å². The van der Waals surface area contributed by atoms with E-state index < -0.39 is 18.1 Å². The maximum atomic E-state index is 12.3. The van der Waals surface area contributed by atoms with Crippen molar-refractivity contribution < 1.29 is 19.1 Å². The van der Waals surface area contributed by atoms with Gasteiger partial charge in [-0.1, -0.05) is 5.16 Å². The van der Waals surface area contributed by atoms with Crippen LogP contribution in [0.15, 0.2) is 5.16 Å². The summed E-state index contributed by atoms with van der Waals surface area (Å²) in [5, 5.41) is 11.1. The van der Waals surface area contributed by atoms with Crippen LogP contribution in [0.25, 0.3) is 0 Å². The van der Waals surface area contributed by atoms with Crippen molar-refractivity contribution in [3.05, 3.63) is 0 Å². The molecule has 1 N–H and O–H groups in total. The van der Waals surface area contributed by atoms with Crippen molar-refractivity contribution in [3.8, 4) is 0 Å². The fraction of sp³-hybridized carbons (Fsp3) is 0.750. The van der Waals surface area contributed by atoms with E-state index in [1.54, 1.807) is 6.92 Å². The van der Waals surface area contributed by atoms with E-state index in [1.807, 2.05) is 0 Å². The zero-order chi connectivity index (χ0) is 10.5. The third-order valence-corrected chi connectivity index (χ3v) is 1.75. The summed E-state index contributed by atoms with van der Waals surface area (Å²) in [6.07, 6.45) is 0. The van der Waals surface area contributed by atoms with Crippen LogP contribution in [0.3, 0.4) is 0 Å². The highest BCUT2D eigenvalue weighted by Gasteiger charge is 2.35. The Morgan fingerprint density at radius 2 is 2.15 bits per heavy atom. The molecule has 0 rings (SSSR count). The predicted octanol–water partition coefficient (Wildman–Crippen LogP) is 1.38. The molecule has 5 heteroatoms. The first-order chi connectivity index (χ1) is 6.00. The second-order valence-electron chi connectivity index (χ2n) is 3.03. The summed E-state index contributed by atoms with van der Waals surface area (Å²) in [5.41, 5.74) is -1.44. The highest BCUT2D eigenvalue weighted by Crippen LogP contribution is 2.20. The molecule has 0 saturated carbocycles. The second kappa shape index (κ2) is 4.79. The monoisotopic (exact) mass is 191 g/mol. The first-order valence-electron chi connectivity index (χ1n) is 3.95. The lowest BCUT2D eigenvalue weighted by molar-refractivity contribution is -0.149. The third-order valence-electron chi connectivity index (χ3n) is 1.75. The molecule has 0 aliphatic carbocycles. The molecule has 0 bridgehead atoms. The molecule has 0 heterocycles. The van der Waals surface area contributed by atoms with Gasteiger partial charge in [0, 0.05) is 0 Å². The molecule has 0 amide bonds. The molecule has 0 aliphatic heterocycles. The van der Waals surface area contributed by atoms with Gasteiger partial charge in [0.25, 0.3) is 0 Å². The molecule has 0 aromatic rings. The second-order valence-corrected chi connectivity index (χ2v) is 3.03. The first-order valence-corrected chi connectivity index (χ1v) is 3.95. The minimum Gasteiger partial charge on any atom is -0.465 e. The van der Waals surface area contributed by atoms with Crippen molar-refractivity contribution in [2.75, 3.05) is 13.3 Å². The van der Waals surface area contributed by atoms with Crippen LogP contribution >= 0.6 is 0 Å². The van der Waals surface area contributed by atoms with Crippen LogP contribution in [0.5, 0.6) is 0 Å². The summed E-state index contributed by atoms with van der Waals surface area (Å²) in [6, 6.07) is 0. The van der Waals surface area contributed by atoms with E-state index in [2.05, 4.69) is 5.16 Å². The minimum absolute atomic E-state index is 0.216. The summed E-state index contributed by atoms with van der Waals surface area (Å²) in [5.74, 6) is -0.597. The van der Waals surface area contributed by atoms with E-state index in [0.717, 1.165) is 0 Å². The summed E-state index contributed by atoms with van der Waals surface area (Å²) >= 11 is 0. The van der Waals surface area contributed by atoms with E-state index in [-0.39, 0.29) is 12.3 Å². The predicted molar refractivity (Wildman–Crippen MR) is 45.6 cm³/mol. The molecule has 0 aromatic carbocycles. The molecular formula is C8H14FNO3. The zero-order valence-corrected chi connectivity index (χ0v) is 8.00. The number of nitrogens with zero attached hydrogens (tertiary/aromatic N) is 1. The summed E-state index contributed by atoms with van der Waals surface area (Å²) < 4.78 is 16.9. The molecule has 0 fully saturated rings. The molecular weight excluding hydrogens is 177 g/mol. The van der Waals surface area contributed by atoms with Crippen LogP contribution in [0, 0.1) is 5.41 Å². The number of carbonyl (C=O) groups is 1. The van der Waals surface area contributed by atoms with Crippen LogP contribution in [0.2, 0.25) is 0 Å². The fourth-order valence-corrected chi connectivity index (χ4v) is 0.748. The Bertz CT molecular complexity index is 213. The number of rotatable bonds is 4. The van der Waals surface area contributed by atoms with Gasteiger partial charge in [-0.25, -0.2) is 4.39 Å². The van der Waals surface area contributed by atoms with Gasteiger partial charge in [-0.05, 0) is 20.8 Å². The van der Waals surface area contributed by atoms with Gasteiger partial charge in [0.15, 0.2) is 0 Å². The lowest BCUT2D eigenvalue weighted by Crippen LogP contribution is -2.36. The van der Waals surface area contributed by atoms with Gasteiger partial charge < -0.3 is 9.94 Å². The quantitative estimate of drug-likeness (QED) is 0.316. The molecule has 0 unspecified atom stereocenters. The van der Waals surface area contributed by atoms with E-state index >= 15 is 0 Å². The number of halogens is 1. The smallest absolute Gasteiger partial charge is 0.317 e. The maximum absolute atomic E-state index is 12.3. The van der Waals surface area contributed by atoms with E-state index in [9.17, 15) is 9.18 Å². The lowest BCUT2D eigenvalue weighted by Gasteiger charge is -2.21. The van der Waals surface area contributed by atoms with Crippen molar-refractivity contribution in [3.63, 3.8) is 0 Å². The van der Waals surface area contributed by atoms with Gasteiger partial charge in [-0.2, -0.15) is 0 Å². The Morgan fingerprint density at radius 1 is 1.62 bits per heavy atom. The Balaban J connectivity index is 4.63. The van der Waals surface area contributed by atoms with Gasteiger partial charge in [-0.3, -0.25) is 4.79 Å². The average Bonchev–Trinajstić information content (AvgIpc) is 2.06. The molecule has 0 spiro atoms. The summed E-state index contributed by atoms with van der Waals surface area (Å²) in [6.45, 7) is 3.79. The van der Waals surface area contributed by atoms with Crippen LogP contribution < -0.4 is 0 Å². The number of carbonyl (C=O) groups excluding carboxylic acids is 1. The number of esters is 1. The van der Waals surface area contributed by atoms with Crippen molar-refractivity contribution >= 4 is 11.7 Å². The Hall–Kier alpha value is -1.13. The Kier molecular flexibility index (Phi) is 4.37. The van der Waals surface area contributed by atoms with E-state index in [4.69, 9.17) is 9.94 Å². The number of hydrogen-bond acceptors (Lipinski definition) is 4. The van der Waals surface area contributed by atoms with E-state index in [1.165, 1.54) is 13.8 Å². The van der Waals surface area contributed by atoms with Crippen molar-refractivity contribution in [2.24, 2.45) is 10.6 Å². The minimum atomic E-state index is -1.21. The highest BCUT2D eigenvalue weighted by molar-refractivity contribution is 6.06. The first kappa shape index (κ1) is 11.9. The topological polar surface area (TPSA) is 58.9 Å². The molecule has 0 radical (unpaired) electrons. The van der Waals surface area contributed by atoms with Crippen LogP contribution in [-0.4, -0.2) is 30.2 Å². The summed E-state index contributed by atoms with van der Waals surface area (Å²) in [4.78, 5) is 11.2. The number of oxime groups is 1. The maximum Gasteiger partial charge on any atom is 0.317 e. The van der Waals surface area contributed by atoms with E-state index in [0.29, 0.717) is 0 Å². The van der Waals surface area contributed by atoms with Crippen molar-refractivity contribution in [1.82, 2.24) is 0 Å². The van der Waals surface area contributed by atoms with Crippen LogP contribution in [-0.2, 0) is 9.53 Å². The molecule has 76 valence electrons. The number of hydrogen-bond donors (Lipinski definition) is 1. The largest absolute Gasteiger partial charge is 0.465 e. The fourth-order valence-electron chi connectivity index (χ4n) is 0.748. The highest BCUT2D eigenvalue weighted by atomic mass is 19.1.